The van der Waals surface area contributed by atoms with E-state index in [2.05, 4.69) is 20.2 Å². The van der Waals surface area contributed by atoms with Crippen molar-refractivity contribution in [1.29, 1.82) is 0 Å². The van der Waals surface area contributed by atoms with E-state index in [0.29, 0.717) is 44.4 Å². The second-order valence-corrected chi connectivity index (χ2v) is 5.32. The molecular formula is C8H17N5O3S. The van der Waals surface area contributed by atoms with Crippen molar-refractivity contribution in [1.82, 2.24) is 14.9 Å². The fourth-order valence-corrected chi connectivity index (χ4v) is 1.61. The third kappa shape index (κ3) is 6.19. The smallest absolute Gasteiger partial charge is 0.315 e. The molecule has 1 heterocycles. The standard InChI is InChI=1S/C8H17N5O3S/c1-17(14,15)11-6-2-5-10-8-13-12-7(16-8)3-4-9/h11H,2-6,9H2,1H3,(H,10,13). The molecular weight excluding hydrogens is 246 g/mol. The van der Waals surface area contributed by atoms with E-state index in [1.165, 1.54) is 0 Å². The Balaban J connectivity index is 2.17. The first kappa shape index (κ1) is 13.9. The summed E-state index contributed by atoms with van der Waals surface area (Å²) in [5, 5.41) is 10.4. The molecule has 8 nitrogen and oxygen atoms in total. The average molecular weight is 263 g/mol. The van der Waals surface area contributed by atoms with Gasteiger partial charge in [0.1, 0.15) is 0 Å². The van der Waals surface area contributed by atoms with Crippen LogP contribution in [0.5, 0.6) is 0 Å². The molecule has 98 valence electrons. The molecule has 4 N–H and O–H groups in total. The Morgan fingerprint density at radius 3 is 2.76 bits per heavy atom. The van der Waals surface area contributed by atoms with Crippen LogP contribution in [-0.4, -0.2) is 44.5 Å². The second-order valence-electron chi connectivity index (χ2n) is 3.49. The van der Waals surface area contributed by atoms with Gasteiger partial charge in [-0.25, -0.2) is 13.1 Å². The van der Waals surface area contributed by atoms with Crippen LogP contribution in [0.1, 0.15) is 12.3 Å². The van der Waals surface area contributed by atoms with Gasteiger partial charge < -0.3 is 15.5 Å². The summed E-state index contributed by atoms with van der Waals surface area (Å²) < 4.78 is 29.1. The van der Waals surface area contributed by atoms with E-state index in [1.807, 2.05) is 0 Å². The Hall–Kier alpha value is -1.19. The van der Waals surface area contributed by atoms with Gasteiger partial charge in [0.05, 0.1) is 6.26 Å². The third-order valence-corrected chi connectivity index (χ3v) is 2.55. The number of rotatable bonds is 8. The van der Waals surface area contributed by atoms with Crippen LogP contribution in [0.15, 0.2) is 4.42 Å². The third-order valence-electron chi connectivity index (χ3n) is 1.82. The van der Waals surface area contributed by atoms with Crippen molar-refractivity contribution >= 4 is 16.0 Å². The second kappa shape index (κ2) is 6.52. The molecule has 0 amide bonds. The lowest BCUT2D eigenvalue weighted by atomic mass is 10.4. The van der Waals surface area contributed by atoms with Crippen molar-refractivity contribution in [2.24, 2.45) is 5.73 Å². The van der Waals surface area contributed by atoms with E-state index in [4.69, 9.17) is 10.2 Å². The highest BCUT2D eigenvalue weighted by Gasteiger charge is 2.04. The summed E-state index contributed by atoms with van der Waals surface area (Å²) in [5.41, 5.74) is 5.34. The van der Waals surface area contributed by atoms with Gasteiger partial charge >= 0.3 is 6.01 Å². The van der Waals surface area contributed by atoms with Crippen LogP contribution in [0.25, 0.3) is 0 Å². The van der Waals surface area contributed by atoms with Gasteiger partial charge in [-0.05, 0) is 6.42 Å². The predicted molar refractivity (Wildman–Crippen MR) is 63.0 cm³/mol. The SMILES string of the molecule is CS(=O)(=O)NCCCNc1nnc(CCN)o1. The maximum atomic E-state index is 10.8. The van der Waals surface area contributed by atoms with E-state index in [0.717, 1.165) is 6.26 Å². The predicted octanol–water partition coefficient (Wildman–Crippen LogP) is -1.08. The maximum absolute atomic E-state index is 10.8. The molecule has 17 heavy (non-hydrogen) atoms. The molecule has 0 aromatic carbocycles. The summed E-state index contributed by atoms with van der Waals surface area (Å²) in [5.74, 6) is 0.490. The fraction of sp³-hybridized carbons (Fsp3) is 0.750. The quantitative estimate of drug-likeness (QED) is 0.510. The topological polar surface area (TPSA) is 123 Å². The molecule has 0 unspecified atom stereocenters. The summed E-state index contributed by atoms with van der Waals surface area (Å²) in [6.45, 7) is 1.38. The minimum atomic E-state index is -3.12. The van der Waals surface area contributed by atoms with Crippen LogP contribution in [0, 0.1) is 0 Å². The van der Waals surface area contributed by atoms with Crippen molar-refractivity contribution in [2.75, 3.05) is 31.2 Å². The van der Waals surface area contributed by atoms with Crippen LogP contribution in [0.3, 0.4) is 0 Å². The number of aromatic nitrogens is 2. The average Bonchev–Trinajstić information content (AvgIpc) is 2.64. The number of hydrogen-bond acceptors (Lipinski definition) is 7. The zero-order valence-corrected chi connectivity index (χ0v) is 10.5. The number of nitrogens with zero attached hydrogens (tertiary/aromatic N) is 2. The monoisotopic (exact) mass is 263 g/mol. The maximum Gasteiger partial charge on any atom is 0.315 e. The summed E-state index contributed by atoms with van der Waals surface area (Å²) >= 11 is 0. The Kier molecular flexibility index (Phi) is 5.32. The zero-order chi connectivity index (χ0) is 12.7. The largest absolute Gasteiger partial charge is 0.408 e. The molecule has 1 aromatic heterocycles. The number of nitrogens with two attached hydrogens (primary N) is 1. The first-order valence-corrected chi connectivity index (χ1v) is 7.11. The molecule has 1 aromatic rings. The van der Waals surface area contributed by atoms with E-state index >= 15 is 0 Å². The van der Waals surface area contributed by atoms with Crippen molar-refractivity contribution in [3.63, 3.8) is 0 Å². The minimum Gasteiger partial charge on any atom is -0.408 e. The van der Waals surface area contributed by atoms with Gasteiger partial charge in [-0.15, -0.1) is 5.10 Å². The van der Waals surface area contributed by atoms with Crippen molar-refractivity contribution in [3.8, 4) is 0 Å². The normalized spacial score (nSPS) is 11.6. The van der Waals surface area contributed by atoms with Crippen LogP contribution in [0.4, 0.5) is 6.01 Å². The lowest BCUT2D eigenvalue weighted by Gasteiger charge is -2.02. The van der Waals surface area contributed by atoms with Gasteiger partial charge in [-0.2, -0.15) is 0 Å². The van der Waals surface area contributed by atoms with Gasteiger partial charge in [0, 0.05) is 26.1 Å². The van der Waals surface area contributed by atoms with Crippen LogP contribution in [0.2, 0.25) is 0 Å². The van der Waals surface area contributed by atoms with E-state index in [9.17, 15) is 8.42 Å². The van der Waals surface area contributed by atoms with Gasteiger partial charge in [0.15, 0.2) is 0 Å². The molecule has 0 aliphatic rings. The first-order chi connectivity index (χ1) is 8.01. The fourth-order valence-electron chi connectivity index (χ4n) is 1.09. The molecule has 0 radical (unpaired) electrons. The molecule has 0 spiro atoms. The zero-order valence-electron chi connectivity index (χ0n) is 9.64. The van der Waals surface area contributed by atoms with Crippen LogP contribution < -0.4 is 15.8 Å². The minimum absolute atomic E-state index is 0.327. The summed E-state index contributed by atoms with van der Waals surface area (Å²) in [6.07, 6.45) is 2.30. The highest BCUT2D eigenvalue weighted by molar-refractivity contribution is 7.88. The Labute approximate surface area is 100 Å². The molecule has 0 bridgehead atoms. The number of nitrogens with one attached hydrogen (secondary N) is 2. The molecule has 0 fully saturated rings. The van der Waals surface area contributed by atoms with E-state index < -0.39 is 10.0 Å². The van der Waals surface area contributed by atoms with E-state index in [-0.39, 0.29) is 0 Å². The number of sulfonamides is 1. The number of anilines is 1. The molecule has 0 aliphatic carbocycles. The van der Waals surface area contributed by atoms with Gasteiger partial charge in [0.2, 0.25) is 15.9 Å². The molecule has 9 heteroatoms. The van der Waals surface area contributed by atoms with Crippen molar-refractivity contribution in [2.45, 2.75) is 12.8 Å². The molecule has 0 atom stereocenters. The molecule has 1 rings (SSSR count). The summed E-state index contributed by atoms with van der Waals surface area (Å²) in [4.78, 5) is 0. The van der Waals surface area contributed by atoms with Crippen LogP contribution in [-0.2, 0) is 16.4 Å². The lowest BCUT2D eigenvalue weighted by Crippen LogP contribution is -2.24. The highest BCUT2D eigenvalue weighted by atomic mass is 32.2. The summed E-state index contributed by atoms with van der Waals surface area (Å²) in [6, 6.07) is 0.327. The molecule has 0 aliphatic heterocycles. The highest BCUT2D eigenvalue weighted by Crippen LogP contribution is 2.04. The Morgan fingerprint density at radius 2 is 2.12 bits per heavy atom. The van der Waals surface area contributed by atoms with Crippen LogP contribution >= 0.6 is 0 Å². The van der Waals surface area contributed by atoms with Crippen molar-refractivity contribution in [3.05, 3.63) is 5.89 Å². The summed E-state index contributed by atoms with van der Waals surface area (Å²) in [7, 11) is -3.12. The Morgan fingerprint density at radius 1 is 1.35 bits per heavy atom. The lowest BCUT2D eigenvalue weighted by molar-refractivity contribution is 0.505. The van der Waals surface area contributed by atoms with Gasteiger partial charge in [0.25, 0.3) is 0 Å². The molecule has 0 saturated heterocycles. The van der Waals surface area contributed by atoms with E-state index in [1.54, 1.807) is 0 Å². The molecule has 0 saturated carbocycles. The van der Waals surface area contributed by atoms with Gasteiger partial charge in [-0.3, -0.25) is 0 Å². The van der Waals surface area contributed by atoms with Gasteiger partial charge in [-0.1, -0.05) is 5.10 Å². The Bertz CT molecular complexity index is 430. The van der Waals surface area contributed by atoms with Crippen molar-refractivity contribution < 1.29 is 12.8 Å². The first-order valence-electron chi connectivity index (χ1n) is 5.22. The number of hydrogen-bond donors (Lipinski definition) is 3.